The Hall–Kier alpha value is -3.76. The molecule has 0 bridgehead atoms. The van der Waals surface area contributed by atoms with Gasteiger partial charge in [0.15, 0.2) is 10.9 Å². The number of benzene rings is 2. The number of thiazole rings is 2. The van der Waals surface area contributed by atoms with Crippen molar-refractivity contribution < 1.29 is 24.2 Å². The molecule has 1 aliphatic rings. The quantitative estimate of drug-likeness (QED) is 0.169. The number of ether oxygens (including phenoxy) is 2. The maximum absolute atomic E-state index is 13.8. The Kier molecular flexibility index (Phi) is 7.67. The summed E-state index contributed by atoms with van der Waals surface area (Å²) in [6.45, 7) is 6.33. The van der Waals surface area contributed by atoms with Crippen LogP contribution in [0.1, 0.15) is 58.2 Å². The number of carbonyl (C=O) groups is 2. The third-order valence-electron chi connectivity index (χ3n) is 6.57. The van der Waals surface area contributed by atoms with Crippen LogP contribution in [0.15, 0.2) is 53.8 Å². The van der Waals surface area contributed by atoms with Gasteiger partial charge in [-0.2, -0.15) is 0 Å². The molecule has 4 aromatic rings. The van der Waals surface area contributed by atoms with Gasteiger partial charge >= 0.3 is 0 Å². The highest BCUT2D eigenvalue weighted by Crippen LogP contribution is 2.45. The molecule has 8 nitrogen and oxygen atoms in total. The predicted octanol–water partition coefficient (Wildman–Crippen LogP) is 6.73. The number of aliphatic hydroxyl groups is 1. The number of unbranched alkanes of at least 4 members (excludes halogenated alkanes) is 2. The molecule has 0 spiro atoms. The van der Waals surface area contributed by atoms with E-state index in [1.807, 2.05) is 43.3 Å². The topological polar surface area (TPSA) is 102 Å². The Morgan fingerprint density at radius 2 is 1.79 bits per heavy atom. The summed E-state index contributed by atoms with van der Waals surface area (Å²) in [5.41, 5.74) is 1.93. The Balaban J connectivity index is 1.57. The number of Topliss-reactive ketones (excluding diaryl/α,β-unsaturated/α-hetero) is 1. The van der Waals surface area contributed by atoms with E-state index in [2.05, 4.69) is 16.9 Å². The number of nitrogens with zero attached hydrogens (tertiary/aromatic N) is 3. The van der Waals surface area contributed by atoms with Gasteiger partial charge in [0.25, 0.3) is 5.91 Å². The number of ketones is 1. The van der Waals surface area contributed by atoms with Gasteiger partial charge in [-0.15, -0.1) is 11.3 Å². The third-order valence-corrected chi connectivity index (χ3v) is 8.65. The molecule has 202 valence electrons. The van der Waals surface area contributed by atoms with E-state index in [0.717, 1.165) is 29.0 Å². The van der Waals surface area contributed by atoms with Gasteiger partial charge < -0.3 is 14.6 Å². The summed E-state index contributed by atoms with van der Waals surface area (Å²) >= 11 is 2.54. The number of hydrogen-bond donors (Lipinski definition) is 1. The van der Waals surface area contributed by atoms with Crippen molar-refractivity contribution in [2.45, 2.75) is 46.1 Å². The summed E-state index contributed by atoms with van der Waals surface area (Å²) in [7, 11) is 1.59. The van der Waals surface area contributed by atoms with Gasteiger partial charge in [0.2, 0.25) is 5.78 Å². The van der Waals surface area contributed by atoms with Crippen LogP contribution in [0.4, 0.5) is 5.13 Å². The molecule has 0 radical (unpaired) electrons. The zero-order chi connectivity index (χ0) is 27.7. The van der Waals surface area contributed by atoms with Crippen molar-refractivity contribution in [1.29, 1.82) is 0 Å². The van der Waals surface area contributed by atoms with Crippen molar-refractivity contribution in [3.8, 4) is 11.5 Å². The zero-order valence-electron chi connectivity index (χ0n) is 22.2. The monoisotopic (exact) mass is 563 g/mol. The van der Waals surface area contributed by atoms with Gasteiger partial charge in [0.1, 0.15) is 11.5 Å². The SMILES string of the molecule is CCCCCOc1ccc(C2C(C(=O)c3sc(C)nc3C)=C(O)C(=O)N2c2nc3ccc(OC)cc3s2)cc1. The summed E-state index contributed by atoms with van der Waals surface area (Å²) in [4.78, 5) is 38.3. The van der Waals surface area contributed by atoms with Crippen LogP contribution in [0.3, 0.4) is 0 Å². The summed E-state index contributed by atoms with van der Waals surface area (Å²) in [6.07, 6.45) is 3.17. The number of aliphatic hydroxyl groups excluding tert-OH is 1. The molecule has 1 aliphatic heterocycles. The largest absolute Gasteiger partial charge is 0.503 e. The number of amides is 1. The first kappa shape index (κ1) is 26.8. The van der Waals surface area contributed by atoms with Crippen LogP contribution in [0.5, 0.6) is 11.5 Å². The summed E-state index contributed by atoms with van der Waals surface area (Å²) in [6, 6.07) is 11.9. The van der Waals surface area contributed by atoms with E-state index in [0.29, 0.717) is 44.9 Å². The first-order chi connectivity index (χ1) is 18.8. The second kappa shape index (κ2) is 11.2. The second-order valence-electron chi connectivity index (χ2n) is 9.27. The molecule has 0 saturated heterocycles. The summed E-state index contributed by atoms with van der Waals surface area (Å²) in [5, 5.41) is 12.2. The fourth-order valence-corrected chi connectivity index (χ4v) is 6.52. The minimum atomic E-state index is -0.872. The van der Waals surface area contributed by atoms with Crippen LogP contribution in [0, 0.1) is 13.8 Å². The number of anilines is 1. The van der Waals surface area contributed by atoms with Crippen LogP contribution in [-0.4, -0.2) is 40.5 Å². The molecule has 1 unspecified atom stereocenters. The molecule has 10 heteroatoms. The van der Waals surface area contributed by atoms with Crippen LogP contribution >= 0.6 is 22.7 Å². The molecule has 3 heterocycles. The molecule has 5 rings (SSSR count). The van der Waals surface area contributed by atoms with Gasteiger partial charge in [-0.05, 0) is 56.2 Å². The minimum Gasteiger partial charge on any atom is -0.503 e. The van der Waals surface area contributed by atoms with E-state index in [-0.39, 0.29) is 5.57 Å². The van der Waals surface area contributed by atoms with Crippen molar-refractivity contribution in [3.05, 3.63) is 74.9 Å². The predicted molar refractivity (Wildman–Crippen MR) is 153 cm³/mol. The fourth-order valence-electron chi connectivity index (χ4n) is 4.63. The molecule has 0 fully saturated rings. The zero-order valence-corrected chi connectivity index (χ0v) is 23.8. The van der Waals surface area contributed by atoms with Gasteiger partial charge in [0.05, 0.1) is 51.1 Å². The average molecular weight is 564 g/mol. The van der Waals surface area contributed by atoms with Crippen molar-refractivity contribution in [3.63, 3.8) is 0 Å². The molecule has 39 heavy (non-hydrogen) atoms. The van der Waals surface area contributed by atoms with E-state index in [1.165, 1.54) is 27.6 Å². The number of aromatic nitrogens is 2. The van der Waals surface area contributed by atoms with E-state index < -0.39 is 23.5 Å². The van der Waals surface area contributed by atoms with Gasteiger partial charge in [-0.3, -0.25) is 14.5 Å². The molecule has 0 saturated carbocycles. The Morgan fingerprint density at radius 3 is 2.46 bits per heavy atom. The number of methoxy groups -OCH3 is 1. The smallest absolute Gasteiger partial charge is 0.296 e. The maximum Gasteiger partial charge on any atom is 0.296 e. The van der Waals surface area contributed by atoms with Crippen molar-refractivity contribution in [2.75, 3.05) is 18.6 Å². The Labute approximate surface area is 234 Å². The maximum atomic E-state index is 13.8. The number of carbonyl (C=O) groups excluding carboxylic acids is 2. The standard InChI is InChI=1S/C29H29N3O5S2/c1-5-6-7-14-37-19-10-8-18(9-11-19)24-23(25(33)27-16(2)30-17(3)38-27)26(34)28(35)32(24)29-31-21-13-12-20(36-4)15-22(21)39-29/h8-13,15,24,34H,5-7,14H2,1-4H3. The fraction of sp³-hybridized carbons (Fsp3) is 0.310. The van der Waals surface area contributed by atoms with Gasteiger partial charge in [-0.25, -0.2) is 9.97 Å². The first-order valence-corrected chi connectivity index (χ1v) is 14.4. The number of fused-ring (bicyclic) bond motifs is 1. The van der Waals surface area contributed by atoms with Crippen molar-refractivity contribution in [2.24, 2.45) is 0 Å². The highest BCUT2D eigenvalue weighted by atomic mass is 32.1. The Morgan fingerprint density at radius 1 is 1.05 bits per heavy atom. The lowest BCUT2D eigenvalue weighted by Crippen LogP contribution is -2.31. The summed E-state index contributed by atoms with van der Waals surface area (Å²) < 4.78 is 12.0. The van der Waals surface area contributed by atoms with Crippen LogP contribution in [-0.2, 0) is 4.79 Å². The molecular formula is C29H29N3O5S2. The molecule has 1 N–H and O–H groups in total. The van der Waals surface area contributed by atoms with E-state index in [4.69, 9.17) is 9.47 Å². The lowest BCUT2D eigenvalue weighted by molar-refractivity contribution is -0.117. The molecule has 1 atom stereocenters. The van der Waals surface area contributed by atoms with Crippen molar-refractivity contribution >= 4 is 49.7 Å². The molecule has 2 aromatic carbocycles. The molecule has 2 aromatic heterocycles. The lowest BCUT2D eigenvalue weighted by Gasteiger charge is -2.24. The van der Waals surface area contributed by atoms with Crippen LogP contribution < -0.4 is 14.4 Å². The van der Waals surface area contributed by atoms with Gasteiger partial charge in [0, 0.05) is 0 Å². The van der Waals surface area contributed by atoms with E-state index in [1.54, 1.807) is 20.1 Å². The number of rotatable bonds is 10. The second-order valence-corrected chi connectivity index (χ2v) is 11.5. The highest BCUT2D eigenvalue weighted by molar-refractivity contribution is 7.22. The van der Waals surface area contributed by atoms with E-state index in [9.17, 15) is 14.7 Å². The van der Waals surface area contributed by atoms with Crippen LogP contribution in [0.2, 0.25) is 0 Å². The number of hydrogen-bond acceptors (Lipinski definition) is 9. The van der Waals surface area contributed by atoms with Crippen molar-refractivity contribution in [1.82, 2.24) is 9.97 Å². The average Bonchev–Trinajstić information content (AvgIpc) is 3.58. The van der Waals surface area contributed by atoms with Crippen LogP contribution in [0.25, 0.3) is 10.2 Å². The Bertz CT molecular complexity index is 1570. The molecule has 0 aliphatic carbocycles. The number of aryl methyl sites for hydroxylation is 2. The molecule has 1 amide bonds. The lowest BCUT2D eigenvalue weighted by atomic mass is 9.95. The first-order valence-electron chi connectivity index (χ1n) is 12.7. The van der Waals surface area contributed by atoms with E-state index >= 15 is 0 Å². The normalized spacial score (nSPS) is 15.4. The molecular weight excluding hydrogens is 534 g/mol. The summed E-state index contributed by atoms with van der Waals surface area (Å²) in [5.74, 6) is -0.295. The minimum absolute atomic E-state index is 0.0141. The third kappa shape index (κ3) is 5.14. The van der Waals surface area contributed by atoms with Gasteiger partial charge in [-0.1, -0.05) is 43.2 Å². The highest BCUT2D eigenvalue weighted by Gasteiger charge is 2.46.